The second kappa shape index (κ2) is 10.4. The van der Waals surface area contributed by atoms with Crippen LogP contribution in [0.25, 0.3) is 22.4 Å². The third-order valence-electron chi connectivity index (χ3n) is 5.99. The average molecular weight is 422 g/mol. The van der Waals surface area contributed by atoms with Gasteiger partial charge >= 0.3 is 0 Å². The molecule has 32 heavy (non-hydrogen) atoms. The molecule has 0 radical (unpaired) electrons. The molecule has 164 valence electrons. The number of benzene rings is 3. The molecule has 0 spiro atoms. The lowest BCUT2D eigenvalue weighted by atomic mass is 9.88. The van der Waals surface area contributed by atoms with Crippen LogP contribution in [0.15, 0.2) is 90.4 Å². The molecular formula is C31H35N. The fourth-order valence-electron chi connectivity index (χ4n) is 3.73. The molecular weight excluding hydrogens is 386 g/mol. The number of nitrogens with zero attached hydrogens (tertiary/aromatic N) is 1. The first-order valence-electron chi connectivity index (χ1n) is 11.5. The number of hydrogen-bond acceptors (Lipinski definition) is 1. The Morgan fingerprint density at radius 2 is 1.47 bits per heavy atom. The van der Waals surface area contributed by atoms with Crippen molar-refractivity contribution < 1.29 is 0 Å². The summed E-state index contributed by atoms with van der Waals surface area (Å²) in [5.74, 6) is 0.820. The fraction of sp³-hybridized carbons (Fsp3) is 0.258. The Labute approximate surface area is 194 Å². The first kappa shape index (κ1) is 23.5. The maximum absolute atomic E-state index is 5.06. The summed E-state index contributed by atoms with van der Waals surface area (Å²) in [5.41, 5.74) is 10.5. The van der Waals surface area contributed by atoms with Crippen LogP contribution in [0.5, 0.6) is 0 Å². The zero-order chi connectivity index (χ0) is 23.3. The summed E-state index contributed by atoms with van der Waals surface area (Å²) in [6.45, 7) is 17.5. The first-order chi connectivity index (χ1) is 15.3. The summed E-state index contributed by atoms with van der Waals surface area (Å²) < 4.78 is 0. The Balaban J connectivity index is 2.20. The molecule has 3 rings (SSSR count). The molecule has 0 saturated heterocycles. The monoisotopic (exact) mass is 421 g/mol. The second-order valence-electron chi connectivity index (χ2n) is 9.10. The third-order valence-corrected chi connectivity index (χ3v) is 5.99. The molecule has 0 fully saturated rings. The van der Waals surface area contributed by atoms with E-state index in [-0.39, 0.29) is 0 Å². The van der Waals surface area contributed by atoms with Crippen LogP contribution >= 0.6 is 0 Å². The van der Waals surface area contributed by atoms with Crippen molar-refractivity contribution in [2.75, 3.05) is 0 Å². The van der Waals surface area contributed by atoms with Gasteiger partial charge in [-0.15, -0.1) is 0 Å². The van der Waals surface area contributed by atoms with Gasteiger partial charge in [0.1, 0.15) is 0 Å². The number of hydrogen-bond donors (Lipinski definition) is 0. The number of rotatable bonds is 7. The molecule has 1 nitrogen and oxygen atoms in total. The van der Waals surface area contributed by atoms with Crippen LogP contribution < -0.4 is 0 Å². The van der Waals surface area contributed by atoms with Crippen LogP contribution in [-0.4, -0.2) is 5.71 Å². The highest BCUT2D eigenvalue weighted by atomic mass is 14.8. The molecule has 0 heterocycles. The third kappa shape index (κ3) is 5.53. The summed E-state index contributed by atoms with van der Waals surface area (Å²) in [6, 6.07) is 25.7. The van der Waals surface area contributed by atoms with Gasteiger partial charge in [0.05, 0.1) is 5.70 Å². The summed E-state index contributed by atoms with van der Waals surface area (Å²) >= 11 is 0. The van der Waals surface area contributed by atoms with Crippen LogP contribution in [0.1, 0.15) is 62.8 Å². The van der Waals surface area contributed by atoms with Gasteiger partial charge < -0.3 is 0 Å². The van der Waals surface area contributed by atoms with Crippen LogP contribution in [0.4, 0.5) is 0 Å². The first-order valence-corrected chi connectivity index (χ1v) is 11.5. The number of aryl methyl sites for hydroxylation is 1. The molecule has 0 aliphatic carbocycles. The molecule has 0 atom stereocenters. The lowest BCUT2D eigenvalue weighted by Crippen LogP contribution is -2.03. The quantitative estimate of drug-likeness (QED) is 0.267. The maximum atomic E-state index is 5.06. The minimum absolute atomic E-state index is 0.383. The van der Waals surface area contributed by atoms with E-state index in [0.29, 0.717) is 11.8 Å². The molecule has 0 unspecified atom stereocenters. The number of allylic oxidation sites excluding steroid dienone is 2. The molecule has 0 bridgehead atoms. The highest BCUT2D eigenvalue weighted by Crippen LogP contribution is 2.35. The van der Waals surface area contributed by atoms with Gasteiger partial charge in [-0.3, -0.25) is 4.99 Å². The smallest absolute Gasteiger partial charge is 0.0707 e. The molecule has 0 N–H and O–H groups in total. The van der Waals surface area contributed by atoms with Crippen molar-refractivity contribution in [3.8, 4) is 11.1 Å². The molecule has 3 aromatic rings. The topological polar surface area (TPSA) is 12.4 Å². The average Bonchev–Trinajstić information content (AvgIpc) is 2.78. The van der Waals surface area contributed by atoms with Crippen molar-refractivity contribution >= 4 is 17.0 Å². The van der Waals surface area contributed by atoms with Crippen LogP contribution in [0, 0.1) is 12.8 Å². The van der Waals surface area contributed by atoms with Crippen molar-refractivity contribution in [2.45, 2.75) is 47.5 Å². The number of aliphatic imine (C=N–C) groups is 1. The van der Waals surface area contributed by atoms with E-state index in [1.807, 2.05) is 18.2 Å². The van der Waals surface area contributed by atoms with E-state index >= 15 is 0 Å². The van der Waals surface area contributed by atoms with Crippen molar-refractivity contribution in [2.24, 2.45) is 10.9 Å². The van der Waals surface area contributed by atoms with Gasteiger partial charge in [0, 0.05) is 11.3 Å². The van der Waals surface area contributed by atoms with E-state index < -0.39 is 0 Å². The molecule has 0 saturated carbocycles. The van der Waals surface area contributed by atoms with E-state index in [0.717, 1.165) is 28.1 Å². The van der Waals surface area contributed by atoms with Gasteiger partial charge in [-0.25, -0.2) is 0 Å². The zero-order valence-electron chi connectivity index (χ0n) is 20.3. The molecule has 0 aliphatic heterocycles. The van der Waals surface area contributed by atoms with E-state index in [1.54, 1.807) is 0 Å². The molecule has 0 amide bonds. The standard InChI is InChI=1S/C31H35N/c1-21(2)25(7)32-31(19-24(6)26-14-9-8-10-15-26)27-17-18-28(22(3)4)30(20-27)29-16-12-11-13-23(29)5/h8-22H,6H2,1-5,7H3/b31-19-,32-25?. The predicted molar refractivity (Wildman–Crippen MR) is 142 cm³/mol. The van der Waals surface area contributed by atoms with Crippen molar-refractivity contribution in [3.05, 3.63) is 108 Å². The van der Waals surface area contributed by atoms with E-state index in [4.69, 9.17) is 4.99 Å². The zero-order valence-corrected chi connectivity index (χ0v) is 20.3. The fourth-order valence-corrected chi connectivity index (χ4v) is 3.73. The summed E-state index contributed by atoms with van der Waals surface area (Å²) in [7, 11) is 0. The van der Waals surface area contributed by atoms with E-state index in [1.165, 1.54) is 22.3 Å². The predicted octanol–water partition coefficient (Wildman–Crippen LogP) is 8.96. The molecule has 0 aromatic heterocycles. The lowest BCUT2D eigenvalue weighted by Gasteiger charge is -2.17. The summed E-state index contributed by atoms with van der Waals surface area (Å²) in [5, 5.41) is 0. The van der Waals surface area contributed by atoms with Gasteiger partial charge in [-0.2, -0.15) is 0 Å². The lowest BCUT2D eigenvalue weighted by molar-refractivity contribution is 0.868. The van der Waals surface area contributed by atoms with Crippen LogP contribution in [-0.2, 0) is 0 Å². The Kier molecular flexibility index (Phi) is 7.64. The Hall–Kier alpha value is -3.19. The minimum atomic E-state index is 0.383. The van der Waals surface area contributed by atoms with Gasteiger partial charge in [-0.1, -0.05) is 101 Å². The van der Waals surface area contributed by atoms with E-state index in [9.17, 15) is 0 Å². The SMILES string of the molecule is C=C(/C=C(\N=C(C)C(C)C)c1ccc(C(C)C)c(-c2ccccc2C)c1)c1ccccc1. The minimum Gasteiger partial charge on any atom is -0.257 e. The van der Waals surface area contributed by atoms with Crippen LogP contribution in [0.3, 0.4) is 0 Å². The Bertz CT molecular complexity index is 1140. The van der Waals surface area contributed by atoms with Gasteiger partial charge in [0.2, 0.25) is 0 Å². The Morgan fingerprint density at radius 3 is 2.09 bits per heavy atom. The molecule has 3 aromatic carbocycles. The highest BCUT2D eigenvalue weighted by Gasteiger charge is 2.14. The maximum Gasteiger partial charge on any atom is 0.0707 e. The van der Waals surface area contributed by atoms with Gasteiger partial charge in [0.25, 0.3) is 0 Å². The van der Waals surface area contributed by atoms with Gasteiger partial charge in [-0.05, 0) is 71.2 Å². The van der Waals surface area contributed by atoms with Gasteiger partial charge in [0.15, 0.2) is 0 Å². The largest absolute Gasteiger partial charge is 0.257 e. The molecule has 0 aliphatic rings. The van der Waals surface area contributed by atoms with E-state index in [2.05, 4.69) is 109 Å². The molecule has 1 heteroatoms. The summed E-state index contributed by atoms with van der Waals surface area (Å²) in [6.07, 6.45) is 2.12. The Morgan fingerprint density at radius 1 is 0.812 bits per heavy atom. The normalized spacial score (nSPS) is 12.5. The van der Waals surface area contributed by atoms with Crippen molar-refractivity contribution in [3.63, 3.8) is 0 Å². The second-order valence-corrected chi connectivity index (χ2v) is 9.10. The highest BCUT2D eigenvalue weighted by molar-refractivity contribution is 5.93. The van der Waals surface area contributed by atoms with Crippen molar-refractivity contribution in [1.29, 1.82) is 0 Å². The summed E-state index contributed by atoms with van der Waals surface area (Å²) in [4.78, 5) is 5.06. The van der Waals surface area contributed by atoms with Crippen LogP contribution in [0.2, 0.25) is 0 Å². The van der Waals surface area contributed by atoms with Crippen molar-refractivity contribution in [1.82, 2.24) is 0 Å².